The number of fused-ring (bicyclic) bond motifs is 1. The first-order valence-electron chi connectivity index (χ1n) is 8.77. The predicted molar refractivity (Wildman–Crippen MR) is 102 cm³/mol. The molecular formula is C18H21N5O3S. The minimum Gasteiger partial charge on any atom is -0.465 e. The molecule has 0 N–H and O–H groups in total. The van der Waals surface area contributed by atoms with E-state index in [-0.39, 0.29) is 12.1 Å². The van der Waals surface area contributed by atoms with Crippen molar-refractivity contribution >= 4 is 33.3 Å². The molecule has 0 radical (unpaired) electrons. The number of ether oxygens (including phenoxy) is 2. The van der Waals surface area contributed by atoms with E-state index in [2.05, 4.69) is 15.0 Å². The highest BCUT2D eigenvalue weighted by Crippen LogP contribution is 2.36. The van der Waals surface area contributed by atoms with Crippen molar-refractivity contribution in [2.45, 2.75) is 26.5 Å². The van der Waals surface area contributed by atoms with Crippen molar-refractivity contribution in [2.24, 2.45) is 0 Å². The fourth-order valence-corrected chi connectivity index (χ4v) is 4.52. The number of anilines is 1. The Balaban J connectivity index is 1.69. The van der Waals surface area contributed by atoms with Crippen LogP contribution in [-0.2, 0) is 16.0 Å². The first kappa shape index (κ1) is 17.9. The van der Waals surface area contributed by atoms with Gasteiger partial charge in [0.25, 0.3) is 0 Å². The largest absolute Gasteiger partial charge is 0.465 e. The molecule has 0 aromatic carbocycles. The Morgan fingerprint density at radius 1 is 1.41 bits per heavy atom. The number of nitrogens with zero attached hydrogens (tertiary/aromatic N) is 5. The molecule has 0 bridgehead atoms. The second-order valence-corrected chi connectivity index (χ2v) is 7.49. The van der Waals surface area contributed by atoms with E-state index in [9.17, 15) is 4.79 Å². The fraction of sp³-hybridized carbons (Fsp3) is 0.444. The van der Waals surface area contributed by atoms with Gasteiger partial charge in [0.1, 0.15) is 21.3 Å². The van der Waals surface area contributed by atoms with Crippen molar-refractivity contribution in [1.82, 2.24) is 19.7 Å². The molecular weight excluding hydrogens is 366 g/mol. The van der Waals surface area contributed by atoms with Crippen LogP contribution in [0.2, 0.25) is 0 Å². The van der Waals surface area contributed by atoms with Crippen LogP contribution in [-0.4, -0.2) is 58.6 Å². The summed E-state index contributed by atoms with van der Waals surface area (Å²) in [4.78, 5) is 25.0. The topological polar surface area (TPSA) is 82.4 Å². The maximum Gasteiger partial charge on any atom is 0.348 e. The average Bonchev–Trinajstić information content (AvgIpc) is 3.28. The number of thiophene rings is 1. The Morgan fingerprint density at radius 3 is 3.00 bits per heavy atom. The van der Waals surface area contributed by atoms with Gasteiger partial charge in [-0.25, -0.2) is 14.8 Å². The number of hydrogen-bond donors (Lipinski definition) is 0. The Morgan fingerprint density at radius 2 is 2.26 bits per heavy atom. The molecule has 4 heterocycles. The van der Waals surface area contributed by atoms with Crippen LogP contribution in [0.25, 0.3) is 10.2 Å². The third-order valence-corrected chi connectivity index (χ3v) is 5.81. The van der Waals surface area contributed by atoms with Crippen LogP contribution in [0.15, 0.2) is 18.5 Å². The van der Waals surface area contributed by atoms with E-state index in [1.165, 1.54) is 18.4 Å². The Bertz CT molecular complexity index is 969. The monoisotopic (exact) mass is 387 g/mol. The van der Waals surface area contributed by atoms with Crippen LogP contribution in [0.1, 0.15) is 21.1 Å². The number of carbonyl (C=O) groups excluding carboxylic acids is 1. The maximum absolute atomic E-state index is 12.1. The van der Waals surface area contributed by atoms with Crippen molar-refractivity contribution in [3.05, 3.63) is 34.7 Å². The number of esters is 1. The lowest BCUT2D eigenvalue weighted by Crippen LogP contribution is -2.44. The van der Waals surface area contributed by atoms with Crippen molar-refractivity contribution in [3.8, 4) is 0 Å². The number of morpholine rings is 1. The van der Waals surface area contributed by atoms with Gasteiger partial charge in [-0.15, -0.1) is 11.3 Å². The van der Waals surface area contributed by atoms with Gasteiger partial charge in [-0.3, -0.25) is 4.68 Å². The third kappa shape index (κ3) is 3.40. The normalized spacial score (nSPS) is 17.4. The molecule has 142 valence electrons. The number of methoxy groups -OCH3 is 1. The summed E-state index contributed by atoms with van der Waals surface area (Å²) in [7, 11) is 1.39. The molecule has 0 amide bonds. The zero-order valence-electron chi connectivity index (χ0n) is 15.5. The minimum absolute atomic E-state index is 0.0167. The number of aromatic nitrogens is 4. The summed E-state index contributed by atoms with van der Waals surface area (Å²) in [6, 6.07) is 1.90. The molecule has 1 saturated heterocycles. The van der Waals surface area contributed by atoms with Gasteiger partial charge >= 0.3 is 5.97 Å². The molecule has 1 unspecified atom stereocenters. The number of hydrogen-bond acceptors (Lipinski definition) is 8. The van der Waals surface area contributed by atoms with Crippen molar-refractivity contribution in [2.75, 3.05) is 31.7 Å². The summed E-state index contributed by atoms with van der Waals surface area (Å²) < 4.78 is 12.7. The predicted octanol–water partition coefficient (Wildman–Crippen LogP) is 2.20. The highest BCUT2D eigenvalue weighted by molar-refractivity contribution is 7.20. The molecule has 4 rings (SSSR count). The summed E-state index contributed by atoms with van der Waals surface area (Å²) in [5.74, 6) is 1.21. The van der Waals surface area contributed by atoms with Crippen molar-refractivity contribution in [3.63, 3.8) is 0 Å². The van der Waals surface area contributed by atoms with Gasteiger partial charge < -0.3 is 14.4 Å². The molecule has 9 heteroatoms. The SMILES string of the molecule is COC(=O)c1sc2nc(C)nc(N3CCOC(Cn4cccn4)C3)c2c1C. The molecule has 1 aliphatic heterocycles. The lowest BCUT2D eigenvalue weighted by Gasteiger charge is -2.34. The summed E-state index contributed by atoms with van der Waals surface area (Å²) in [6.07, 6.45) is 3.71. The maximum atomic E-state index is 12.1. The molecule has 3 aromatic heterocycles. The van der Waals surface area contributed by atoms with E-state index in [0.717, 1.165) is 28.1 Å². The highest BCUT2D eigenvalue weighted by atomic mass is 32.1. The van der Waals surface area contributed by atoms with E-state index >= 15 is 0 Å². The van der Waals surface area contributed by atoms with Gasteiger partial charge in [-0.05, 0) is 25.5 Å². The van der Waals surface area contributed by atoms with E-state index in [1.54, 1.807) is 6.20 Å². The lowest BCUT2D eigenvalue weighted by molar-refractivity contribution is 0.0272. The van der Waals surface area contributed by atoms with Crippen LogP contribution in [0.5, 0.6) is 0 Å². The van der Waals surface area contributed by atoms with Gasteiger partial charge in [0, 0.05) is 25.5 Å². The molecule has 1 atom stereocenters. The zero-order valence-corrected chi connectivity index (χ0v) is 16.3. The third-order valence-electron chi connectivity index (χ3n) is 4.64. The summed E-state index contributed by atoms with van der Waals surface area (Å²) >= 11 is 1.36. The summed E-state index contributed by atoms with van der Waals surface area (Å²) in [5.41, 5.74) is 0.868. The summed E-state index contributed by atoms with van der Waals surface area (Å²) in [5, 5.41) is 5.18. The number of carbonyl (C=O) groups is 1. The van der Waals surface area contributed by atoms with Crippen LogP contribution in [0.3, 0.4) is 0 Å². The lowest BCUT2D eigenvalue weighted by atomic mass is 10.1. The van der Waals surface area contributed by atoms with E-state index in [4.69, 9.17) is 14.5 Å². The molecule has 8 nitrogen and oxygen atoms in total. The molecule has 27 heavy (non-hydrogen) atoms. The Kier molecular flexibility index (Phi) is 4.79. The number of rotatable bonds is 4. The fourth-order valence-electron chi connectivity index (χ4n) is 3.38. The minimum atomic E-state index is -0.336. The quantitative estimate of drug-likeness (QED) is 0.635. The second kappa shape index (κ2) is 7.24. The van der Waals surface area contributed by atoms with E-state index in [0.29, 0.717) is 30.4 Å². The molecule has 1 fully saturated rings. The molecule has 0 aliphatic carbocycles. The second-order valence-electron chi connectivity index (χ2n) is 6.49. The van der Waals surface area contributed by atoms with E-state index in [1.807, 2.05) is 30.8 Å². The first-order chi connectivity index (χ1) is 13.1. The first-order valence-corrected chi connectivity index (χ1v) is 9.58. The van der Waals surface area contributed by atoms with Gasteiger partial charge in [-0.2, -0.15) is 5.10 Å². The van der Waals surface area contributed by atoms with Crippen LogP contribution in [0.4, 0.5) is 5.82 Å². The average molecular weight is 387 g/mol. The van der Waals surface area contributed by atoms with Crippen LogP contribution in [0, 0.1) is 13.8 Å². The van der Waals surface area contributed by atoms with Gasteiger partial charge in [0.2, 0.25) is 0 Å². The highest BCUT2D eigenvalue weighted by Gasteiger charge is 2.27. The van der Waals surface area contributed by atoms with Gasteiger partial charge in [0.05, 0.1) is 31.8 Å². The van der Waals surface area contributed by atoms with Crippen LogP contribution >= 0.6 is 11.3 Å². The Labute approximate surface area is 160 Å². The molecule has 0 saturated carbocycles. The Hall–Kier alpha value is -2.52. The zero-order chi connectivity index (χ0) is 19.0. The van der Waals surface area contributed by atoms with Crippen molar-refractivity contribution in [1.29, 1.82) is 0 Å². The van der Waals surface area contributed by atoms with Crippen LogP contribution < -0.4 is 4.90 Å². The van der Waals surface area contributed by atoms with E-state index < -0.39 is 0 Å². The van der Waals surface area contributed by atoms with Gasteiger partial charge in [0.15, 0.2) is 0 Å². The van der Waals surface area contributed by atoms with Gasteiger partial charge in [-0.1, -0.05) is 0 Å². The standard InChI is InChI=1S/C18H21N5O3S/c1-11-14-16(20-12(2)21-17(14)27-15(11)18(24)25-3)22-7-8-26-13(9-22)10-23-6-4-5-19-23/h4-6,13H,7-10H2,1-3H3. The molecule has 1 aliphatic rings. The number of aryl methyl sites for hydroxylation is 2. The van der Waals surface area contributed by atoms with Crippen molar-refractivity contribution < 1.29 is 14.3 Å². The molecule has 3 aromatic rings. The summed E-state index contributed by atoms with van der Waals surface area (Å²) in [6.45, 7) is 6.54. The molecule has 0 spiro atoms. The smallest absolute Gasteiger partial charge is 0.348 e.